The minimum absolute atomic E-state index is 0.270. The monoisotopic (exact) mass is 424 g/mol. The van der Waals surface area contributed by atoms with Gasteiger partial charge in [-0.2, -0.15) is 0 Å². The Morgan fingerprint density at radius 3 is 2.25 bits per heavy atom. The summed E-state index contributed by atoms with van der Waals surface area (Å²) in [5.74, 6) is 6.12. The van der Waals surface area contributed by atoms with E-state index < -0.39 is 0 Å². The van der Waals surface area contributed by atoms with Crippen LogP contribution < -0.4 is 4.74 Å². The topological polar surface area (TPSA) is 9.23 Å². The van der Waals surface area contributed by atoms with Crippen LogP contribution in [0, 0.1) is 23.5 Å². The third-order valence-corrected chi connectivity index (χ3v) is 5.17. The Morgan fingerprint density at radius 2 is 1.47 bits per heavy atom. The van der Waals surface area contributed by atoms with E-state index in [4.69, 9.17) is 4.74 Å². The van der Waals surface area contributed by atoms with Gasteiger partial charge in [0.2, 0.25) is 0 Å². The van der Waals surface area contributed by atoms with Crippen molar-refractivity contribution >= 4 is 10.8 Å². The fraction of sp³-hybridized carbons (Fsp3) is 0.103. The van der Waals surface area contributed by atoms with E-state index in [1.807, 2.05) is 48.5 Å². The van der Waals surface area contributed by atoms with E-state index in [1.165, 1.54) is 12.1 Å². The molecule has 3 heteroatoms. The van der Waals surface area contributed by atoms with Crippen LogP contribution in [-0.2, 0) is 12.8 Å². The van der Waals surface area contributed by atoms with E-state index in [9.17, 15) is 8.78 Å². The quantitative estimate of drug-likeness (QED) is 0.242. The van der Waals surface area contributed by atoms with Gasteiger partial charge in [0, 0.05) is 5.56 Å². The van der Waals surface area contributed by atoms with E-state index in [1.54, 1.807) is 24.3 Å². The maximum atomic E-state index is 14.6. The van der Waals surface area contributed by atoms with Gasteiger partial charge in [-0.05, 0) is 83.3 Å². The molecule has 0 radical (unpaired) electrons. The van der Waals surface area contributed by atoms with Gasteiger partial charge in [-0.25, -0.2) is 8.78 Å². The summed E-state index contributed by atoms with van der Waals surface area (Å²) in [6, 6.07) is 23.2. The van der Waals surface area contributed by atoms with Crippen molar-refractivity contribution in [3.05, 3.63) is 125 Å². The minimum Gasteiger partial charge on any atom is -0.490 e. The zero-order valence-electron chi connectivity index (χ0n) is 17.6. The van der Waals surface area contributed by atoms with Gasteiger partial charge in [0.05, 0.1) is 5.56 Å². The maximum Gasteiger partial charge on any atom is 0.139 e. The molecule has 1 nitrogen and oxygen atoms in total. The fourth-order valence-electron chi connectivity index (χ4n) is 3.45. The van der Waals surface area contributed by atoms with E-state index in [-0.39, 0.29) is 11.6 Å². The lowest BCUT2D eigenvalue weighted by Crippen LogP contribution is -1.95. The molecule has 0 aliphatic rings. The highest BCUT2D eigenvalue weighted by atomic mass is 19.1. The summed E-state index contributed by atoms with van der Waals surface area (Å²) in [4.78, 5) is 0. The number of fused-ring (bicyclic) bond motifs is 1. The van der Waals surface area contributed by atoms with Gasteiger partial charge in [0.15, 0.2) is 0 Å². The van der Waals surface area contributed by atoms with Crippen LogP contribution in [0.4, 0.5) is 8.78 Å². The Hall–Kier alpha value is -3.90. The molecule has 0 aromatic heterocycles. The second-order valence-electron chi connectivity index (χ2n) is 7.51. The Labute approximate surface area is 187 Å². The van der Waals surface area contributed by atoms with Crippen molar-refractivity contribution in [2.45, 2.75) is 12.8 Å². The molecule has 0 unspecified atom stereocenters. The Kier molecular flexibility index (Phi) is 6.63. The zero-order valence-corrected chi connectivity index (χ0v) is 17.6. The third kappa shape index (κ3) is 5.42. The van der Waals surface area contributed by atoms with Crippen LogP contribution in [0.5, 0.6) is 5.75 Å². The minimum atomic E-state index is -0.328. The number of hydrogen-bond donors (Lipinski definition) is 0. The number of ether oxygens (including phenoxy) is 1. The number of aryl methyl sites for hydroxylation is 2. The lowest BCUT2D eigenvalue weighted by atomic mass is 10.0. The molecule has 0 fully saturated rings. The molecule has 32 heavy (non-hydrogen) atoms. The molecule has 0 saturated heterocycles. The largest absolute Gasteiger partial charge is 0.490 e. The third-order valence-electron chi connectivity index (χ3n) is 5.17. The van der Waals surface area contributed by atoms with Gasteiger partial charge in [0.25, 0.3) is 0 Å². The average molecular weight is 424 g/mol. The number of benzene rings is 4. The van der Waals surface area contributed by atoms with Crippen LogP contribution in [-0.4, -0.2) is 6.61 Å². The van der Waals surface area contributed by atoms with Gasteiger partial charge >= 0.3 is 0 Å². The van der Waals surface area contributed by atoms with Crippen molar-refractivity contribution in [2.75, 3.05) is 6.61 Å². The van der Waals surface area contributed by atoms with Crippen LogP contribution in [0.2, 0.25) is 0 Å². The molecule has 4 aromatic rings. The highest BCUT2D eigenvalue weighted by Gasteiger charge is 2.03. The second kappa shape index (κ2) is 9.94. The molecule has 0 heterocycles. The number of hydrogen-bond acceptors (Lipinski definition) is 1. The smallest absolute Gasteiger partial charge is 0.139 e. The van der Waals surface area contributed by atoms with Crippen molar-refractivity contribution in [1.29, 1.82) is 0 Å². The lowest BCUT2D eigenvalue weighted by Gasteiger charge is -2.06. The molecule has 0 N–H and O–H groups in total. The summed E-state index contributed by atoms with van der Waals surface area (Å²) in [6.07, 6.45) is 3.25. The lowest BCUT2D eigenvalue weighted by molar-refractivity contribution is 0.363. The molecule has 0 aliphatic heterocycles. The Morgan fingerprint density at radius 1 is 0.750 bits per heavy atom. The van der Waals surface area contributed by atoms with E-state index in [0.29, 0.717) is 12.2 Å². The van der Waals surface area contributed by atoms with Crippen molar-refractivity contribution in [3.63, 3.8) is 0 Å². The van der Waals surface area contributed by atoms with Crippen LogP contribution in [0.15, 0.2) is 91.5 Å². The fourth-order valence-corrected chi connectivity index (χ4v) is 3.45. The number of halogens is 2. The standard InChI is InChI=1S/C29H22F2O/c1-2-17-32-28-15-8-21(9-16-28)3-4-23-6-11-24(29(31)19-23)10-5-22-7-12-26-20-27(30)14-13-25(26)18-22/h2,6-9,11-16,18-20H,1,3-4,17H2. The van der Waals surface area contributed by atoms with Crippen molar-refractivity contribution in [3.8, 4) is 17.6 Å². The van der Waals surface area contributed by atoms with Crippen molar-refractivity contribution in [1.82, 2.24) is 0 Å². The Balaban J connectivity index is 1.41. The average Bonchev–Trinajstić information content (AvgIpc) is 2.81. The molecular formula is C29H22F2O. The molecule has 0 aliphatic carbocycles. The van der Waals surface area contributed by atoms with Gasteiger partial charge in [-0.3, -0.25) is 0 Å². The second-order valence-corrected chi connectivity index (χ2v) is 7.51. The molecular weight excluding hydrogens is 402 g/mol. The highest BCUT2D eigenvalue weighted by Crippen LogP contribution is 2.18. The molecule has 0 atom stereocenters. The summed E-state index contributed by atoms with van der Waals surface area (Å²) >= 11 is 0. The van der Waals surface area contributed by atoms with Crippen LogP contribution in [0.3, 0.4) is 0 Å². The van der Waals surface area contributed by atoms with Gasteiger partial charge in [0.1, 0.15) is 24.0 Å². The van der Waals surface area contributed by atoms with E-state index >= 15 is 0 Å². The summed E-state index contributed by atoms with van der Waals surface area (Å²) in [5, 5.41) is 1.71. The molecule has 0 saturated carbocycles. The van der Waals surface area contributed by atoms with E-state index in [2.05, 4.69) is 18.4 Å². The van der Waals surface area contributed by atoms with Gasteiger partial charge < -0.3 is 4.74 Å². The summed E-state index contributed by atoms with van der Waals surface area (Å²) in [5.41, 5.74) is 3.20. The van der Waals surface area contributed by atoms with Crippen molar-refractivity contribution < 1.29 is 13.5 Å². The van der Waals surface area contributed by atoms with Gasteiger partial charge in [-0.15, -0.1) is 0 Å². The first-order valence-electron chi connectivity index (χ1n) is 10.4. The van der Waals surface area contributed by atoms with E-state index in [0.717, 1.165) is 46.1 Å². The molecule has 0 amide bonds. The first kappa shape index (κ1) is 21.3. The summed E-state index contributed by atoms with van der Waals surface area (Å²) in [6.45, 7) is 4.12. The number of rotatable bonds is 6. The molecule has 0 spiro atoms. The molecule has 4 aromatic carbocycles. The SMILES string of the molecule is C=CCOc1ccc(CCc2ccc(C#Cc3ccc4cc(F)ccc4c3)c(F)c2)cc1. The maximum absolute atomic E-state index is 14.6. The highest BCUT2D eigenvalue weighted by molar-refractivity contribution is 5.84. The molecule has 0 bridgehead atoms. The molecule has 158 valence electrons. The summed E-state index contributed by atoms with van der Waals surface area (Å²) in [7, 11) is 0. The van der Waals surface area contributed by atoms with Crippen LogP contribution in [0.25, 0.3) is 10.8 Å². The van der Waals surface area contributed by atoms with Crippen molar-refractivity contribution in [2.24, 2.45) is 0 Å². The van der Waals surface area contributed by atoms with Gasteiger partial charge in [-0.1, -0.05) is 54.8 Å². The Bertz CT molecular complexity index is 1310. The first-order valence-corrected chi connectivity index (χ1v) is 10.4. The van der Waals surface area contributed by atoms with Crippen LogP contribution in [0.1, 0.15) is 22.3 Å². The summed E-state index contributed by atoms with van der Waals surface area (Å²) < 4.78 is 33.4. The molecule has 4 rings (SSSR count). The van der Waals surface area contributed by atoms with Crippen LogP contribution >= 0.6 is 0 Å². The first-order chi connectivity index (χ1) is 15.6. The zero-order chi connectivity index (χ0) is 22.3. The normalized spacial score (nSPS) is 10.4. The predicted molar refractivity (Wildman–Crippen MR) is 126 cm³/mol. The predicted octanol–water partition coefficient (Wildman–Crippen LogP) is 6.87.